The highest BCUT2D eigenvalue weighted by atomic mass is 19.1. The lowest BCUT2D eigenvalue weighted by atomic mass is 9.92. The Morgan fingerprint density at radius 2 is 1.91 bits per heavy atom. The summed E-state index contributed by atoms with van der Waals surface area (Å²) in [5.74, 6) is -0.0423. The zero-order chi connectivity index (χ0) is 16.3. The fourth-order valence-corrected chi connectivity index (χ4v) is 3.19. The Hall–Kier alpha value is -1.49. The second-order valence-electron chi connectivity index (χ2n) is 6.65. The molecule has 0 N–H and O–H groups in total. The molecule has 0 aliphatic carbocycles. The largest absolute Gasteiger partial charge is 0.341 e. The van der Waals surface area contributed by atoms with Gasteiger partial charge in [-0.1, -0.05) is 19.9 Å². The first-order valence-corrected chi connectivity index (χ1v) is 7.75. The lowest BCUT2D eigenvalue weighted by molar-refractivity contribution is -0.134. The van der Waals surface area contributed by atoms with Crippen LogP contribution in [-0.4, -0.2) is 42.4 Å². The predicted octanol–water partition coefficient (Wildman–Crippen LogP) is 2.90. The summed E-state index contributed by atoms with van der Waals surface area (Å²) < 4.78 is 26.5. The van der Waals surface area contributed by atoms with E-state index in [2.05, 4.69) is 13.8 Å². The summed E-state index contributed by atoms with van der Waals surface area (Å²) in [5.41, 5.74) is 0.400. The van der Waals surface area contributed by atoms with Crippen LogP contribution in [0.3, 0.4) is 0 Å². The molecule has 2 rings (SSSR count). The molecule has 0 spiro atoms. The third-order valence-corrected chi connectivity index (χ3v) is 4.08. The molecule has 1 aliphatic heterocycles. The monoisotopic (exact) mass is 310 g/mol. The number of likely N-dealkylation sites (N-methyl/N-ethyl adjacent to an activating group) is 1. The van der Waals surface area contributed by atoms with Gasteiger partial charge in [0.15, 0.2) is 0 Å². The summed E-state index contributed by atoms with van der Waals surface area (Å²) in [5, 5.41) is 0. The summed E-state index contributed by atoms with van der Waals surface area (Å²) in [6, 6.07) is 3.54. The average molecular weight is 310 g/mol. The van der Waals surface area contributed by atoms with E-state index >= 15 is 0 Å². The molecule has 1 aliphatic rings. The van der Waals surface area contributed by atoms with E-state index < -0.39 is 11.6 Å². The smallest absolute Gasteiger partial charge is 0.236 e. The van der Waals surface area contributed by atoms with E-state index in [1.54, 1.807) is 11.9 Å². The molecular formula is C17H24F2N2O. The van der Waals surface area contributed by atoms with Crippen molar-refractivity contribution in [2.45, 2.75) is 26.8 Å². The zero-order valence-corrected chi connectivity index (χ0v) is 13.5. The quantitative estimate of drug-likeness (QED) is 0.854. The molecule has 0 radical (unpaired) electrons. The standard InChI is InChI=1S/C17H24F2N2O/c1-12-6-13(2)9-21(8-12)17(22)11-20(3)10-14-4-5-15(18)7-16(14)19/h4-5,7,12-13H,6,8-11H2,1-3H3. The molecule has 0 saturated carbocycles. The zero-order valence-electron chi connectivity index (χ0n) is 13.5. The number of piperidine rings is 1. The van der Waals surface area contributed by atoms with Crippen molar-refractivity contribution in [3.63, 3.8) is 0 Å². The summed E-state index contributed by atoms with van der Waals surface area (Å²) in [6.45, 7) is 6.44. The first kappa shape index (κ1) is 16.9. The van der Waals surface area contributed by atoms with Crippen molar-refractivity contribution >= 4 is 5.91 Å². The fraction of sp³-hybridized carbons (Fsp3) is 0.588. The average Bonchev–Trinajstić information content (AvgIpc) is 2.40. The van der Waals surface area contributed by atoms with Crippen LogP contribution in [0.1, 0.15) is 25.8 Å². The second kappa shape index (κ2) is 7.18. The van der Waals surface area contributed by atoms with Crippen LogP contribution >= 0.6 is 0 Å². The number of likely N-dealkylation sites (tertiary alicyclic amines) is 1. The maximum absolute atomic E-state index is 13.6. The van der Waals surface area contributed by atoms with Crippen molar-refractivity contribution in [2.75, 3.05) is 26.7 Å². The van der Waals surface area contributed by atoms with Crippen LogP contribution in [0.15, 0.2) is 18.2 Å². The number of carbonyl (C=O) groups is 1. The highest BCUT2D eigenvalue weighted by Gasteiger charge is 2.25. The van der Waals surface area contributed by atoms with Crippen molar-refractivity contribution in [3.8, 4) is 0 Å². The van der Waals surface area contributed by atoms with Crippen molar-refractivity contribution in [2.24, 2.45) is 11.8 Å². The first-order chi connectivity index (χ1) is 10.3. The van der Waals surface area contributed by atoms with Crippen LogP contribution in [0.5, 0.6) is 0 Å². The number of amides is 1. The molecule has 0 bridgehead atoms. The first-order valence-electron chi connectivity index (χ1n) is 7.75. The maximum Gasteiger partial charge on any atom is 0.236 e. The molecule has 1 aromatic rings. The van der Waals surface area contributed by atoms with Gasteiger partial charge in [0.25, 0.3) is 0 Å². The topological polar surface area (TPSA) is 23.6 Å². The molecule has 22 heavy (non-hydrogen) atoms. The Bertz CT molecular complexity index is 525. The molecule has 2 unspecified atom stereocenters. The molecule has 3 nitrogen and oxygen atoms in total. The number of benzene rings is 1. The number of rotatable bonds is 4. The third kappa shape index (κ3) is 4.50. The minimum atomic E-state index is -0.587. The van der Waals surface area contributed by atoms with Crippen molar-refractivity contribution in [1.29, 1.82) is 0 Å². The molecule has 1 saturated heterocycles. The molecule has 122 valence electrons. The maximum atomic E-state index is 13.6. The van der Waals surface area contributed by atoms with Gasteiger partial charge in [-0.05, 0) is 31.4 Å². The summed E-state index contributed by atoms with van der Waals surface area (Å²) in [7, 11) is 1.78. The van der Waals surface area contributed by atoms with Crippen LogP contribution in [-0.2, 0) is 11.3 Å². The number of hydrogen-bond donors (Lipinski definition) is 0. The lowest BCUT2D eigenvalue weighted by Crippen LogP contribution is -2.46. The second-order valence-corrected chi connectivity index (χ2v) is 6.65. The Labute approximate surface area is 130 Å². The SMILES string of the molecule is CC1CC(C)CN(C(=O)CN(C)Cc2ccc(F)cc2F)C1. The van der Waals surface area contributed by atoms with Gasteiger partial charge in [0.1, 0.15) is 11.6 Å². The van der Waals surface area contributed by atoms with E-state index in [0.717, 1.165) is 25.6 Å². The minimum Gasteiger partial charge on any atom is -0.341 e. The van der Waals surface area contributed by atoms with E-state index in [0.29, 0.717) is 17.4 Å². The van der Waals surface area contributed by atoms with E-state index in [1.165, 1.54) is 12.1 Å². The van der Waals surface area contributed by atoms with Crippen LogP contribution in [0.25, 0.3) is 0 Å². The van der Waals surface area contributed by atoms with Gasteiger partial charge in [-0.25, -0.2) is 8.78 Å². The van der Waals surface area contributed by atoms with E-state index in [9.17, 15) is 13.6 Å². The number of halogens is 2. The van der Waals surface area contributed by atoms with Crippen LogP contribution in [0.2, 0.25) is 0 Å². The van der Waals surface area contributed by atoms with Crippen molar-refractivity contribution < 1.29 is 13.6 Å². The van der Waals surface area contributed by atoms with Gasteiger partial charge < -0.3 is 4.90 Å². The Morgan fingerprint density at radius 1 is 1.27 bits per heavy atom. The Balaban J connectivity index is 1.91. The summed E-state index contributed by atoms with van der Waals surface area (Å²) >= 11 is 0. The normalized spacial score (nSPS) is 22.2. The number of hydrogen-bond acceptors (Lipinski definition) is 2. The van der Waals surface area contributed by atoms with Gasteiger partial charge >= 0.3 is 0 Å². The minimum absolute atomic E-state index is 0.0726. The van der Waals surface area contributed by atoms with Gasteiger partial charge in [-0.3, -0.25) is 9.69 Å². The molecule has 1 amide bonds. The number of nitrogens with zero attached hydrogens (tertiary/aromatic N) is 2. The van der Waals surface area contributed by atoms with Crippen LogP contribution in [0, 0.1) is 23.5 Å². The highest BCUT2D eigenvalue weighted by Crippen LogP contribution is 2.21. The Morgan fingerprint density at radius 3 is 2.50 bits per heavy atom. The molecule has 5 heteroatoms. The van der Waals surface area contributed by atoms with E-state index in [4.69, 9.17) is 0 Å². The lowest BCUT2D eigenvalue weighted by Gasteiger charge is -2.35. The summed E-state index contributed by atoms with van der Waals surface area (Å²) in [6.07, 6.45) is 1.15. The third-order valence-electron chi connectivity index (χ3n) is 4.08. The van der Waals surface area contributed by atoms with Gasteiger partial charge in [0.2, 0.25) is 5.91 Å². The highest BCUT2D eigenvalue weighted by molar-refractivity contribution is 5.78. The van der Waals surface area contributed by atoms with Crippen LogP contribution in [0.4, 0.5) is 8.78 Å². The molecule has 0 aromatic heterocycles. The van der Waals surface area contributed by atoms with Gasteiger partial charge in [0.05, 0.1) is 6.54 Å². The molecule has 1 heterocycles. The molecular weight excluding hydrogens is 286 g/mol. The predicted molar refractivity (Wildman–Crippen MR) is 82.2 cm³/mol. The molecule has 1 fully saturated rings. The fourth-order valence-electron chi connectivity index (χ4n) is 3.19. The van der Waals surface area contributed by atoms with Crippen molar-refractivity contribution in [1.82, 2.24) is 9.80 Å². The van der Waals surface area contributed by atoms with E-state index in [-0.39, 0.29) is 19.0 Å². The van der Waals surface area contributed by atoms with E-state index in [1.807, 2.05) is 4.90 Å². The van der Waals surface area contributed by atoms with Gasteiger partial charge in [0, 0.05) is 31.3 Å². The van der Waals surface area contributed by atoms with Gasteiger partial charge in [-0.15, -0.1) is 0 Å². The molecule has 2 atom stereocenters. The molecule has 1 aromatic carbocycles. The summed E-state index contributed by atoms with van der Waals surface area (Å²) in [4.78, 5) is 16.0. The van der Waals surface area contributed by atoms with Crippen molar-refractivity contribution in [3.05, 3.63) is 35.4 Å². The van der Waals surface area contributed by atoms with Gasteiger partial charge in [-0.2, -0.15) is 0 Å². The Kier molecular flexibility index (Phi) is 5.51. The van der Waals surface area contributed by atoms with Crippen LogP contribution < -0.4 is 0 Å². The number of carbonyl (C=O) groups excluding carboxylic acids is 1.